The first-order valence-corrected chi connectivity index (χ1v) is 11.8. The van der Waals surface area contributed by atoms with E-state index in [-0.39, 0.29) is 11.4 Å². The van der Waals surface area contributed by atoms with Crippen molar-refractivity contribution < 1.29 is 19.1 Å². The van der Waals surface area contributed by atoms with E-state index < -0.39 is 23.0 Å². The third-order valence-electron chi connectivity index (χ3n) is 5.45. The normalized spacial score (nSPS) is 12.9. The second-order valence-corrected chi connectivity index (χ2v) is 10.2. The molecule has 0 spiro atoms. The fourth-order valence-corrected chi connectivity index (χ4v) is 3.84. The van der Waals surface area contributed by atoms with Gasteiger partial charge in [0.05, 0.1) is 11.4 Å². The Balaban J connectivity index is 1.92. The largest absolute Gasteiger partial charge is 0.444 e. The van der Waals surface area contributed by atoms with Gasteiger partial charge >= 0.3 is 6.09 Å². The summed E-state index contributed by atoms with van der Waals surface area (Å²) in [6.07, 6.45) is -0.0875. The lowest BCUT2D eigenvalue weighted by Crippen LogP contribution is -2.39. The maximum atomic E-state index is 13.4. The average Bonchev–Trinajstić information content (AvgIpc) is 2.78. The van der Waals surface area contributed by atoms with Crippen molar-refractivity contribution in [3.8, 4) is 11.1 Å². The van der Waals surface area contributed by atoms with Crippen molar-refractivity contribution in [1.82, 2.24) is 4.98 Å². The number of aromatic nitrogens is 1. The molecule has 3 aromatic rings. The summed E-state index contributed by atoms with van der Waals surface area (Å²) in [5.74, 6) is -0.564. The minimum atomic E-state index is -1.50. The van der Waals surface area contributed by atoms with Gasteiger partial charge in [-0.15, -0.1) is 0 Å². The molecule has 36 heavy (non-hydrogen) atoms. The number of nitrogens with zero attached hydrogens (tertiary/aromatic N) is 1. The number of halogens is 1. The molecule has 3 rings (SSSR count). The summed E-state index contributed by atoms with van der Waals surface area (Å²) in [5, 5.41) is 5.73. The number of aryl methyl sites for hydroxylation is 2. The van der Waals surface area contributed by atoms with E-state index in [4.69, 9.17) is 16.3 Å². The summed E-state index contributed by atoms with van der Waals surface area (Å²) in [6.45, 7) is 10.6. The third-order valence-corrected chi connectivity index (χ3v) is 5.68. The number of aldehydes is 1. The minimum absolute atomic E-state index is 0.245. The SMILES string of the molecule is Cc1cc(-c2cccc(C(C)(C=O)C(=O)Nc3ccc(Cl)cc3NC(=O)OC(C)(C)C)c2)cc(C)n1. The predicted octanol–water partition coefficient (Wildman–Crippen LogP) is 6.46. The summed E-state index contributed by atoms with van der Waals surface area (Å²) in [5.41, 5.74) is 2.38. The molecule has 0 aliphatic carbocycles. The number of amides is 2. The van der Waals surface area contributed by atoms with Crippen LogP contribution in [0.3, 0.4) is 0 Å². The average molecular weight is 508 g/mol. The van der Waals surface area contributed by atoms with Crippen molar-refractivity contribution in [2.45, 2.75) is 52.6 Å². The molecular weight excluding hydrogens is 478 g/mol. The molecule has 0 saturated carbocycles. The van der Waals surface area contributed by atoms with Gasteiger partial charge in [-0.1, -0.05) is 29.8 Å². The molecule has 2 amide bonds. The molecule has 7 nitrogen and oxygen atoms in total. The molecule has 8 heteroatoms. The van der Waals surface area contributed by atoms with Gasteiger partial charge in [0.1, 0.15) is 17.3 Å². The highest BCUT2D eigenvalue weighted by Gasteiger charge is 2.36. The van der Waals surface area contributed by atoms with Crippen LogP contribution >= 0.6 is 11.6 Å². The van der Waals surface area contributed by atoms with E-state index in [2.05, 4.69) is 15.6 Å². The maximum Gasteiger partial charge on any atom is 0.412 e. The molecule has 1 heterocycles. The highest BCUT2D eigenvalue weighted by atomic mass is 35.5. The Morgan fingerprint density at radius 3 is 2.17 bits per heavy atom. The van der Waals surface area contributed by atoms with Gasteiger partial charge in [0.25, 0.3) is 0 Å². The zero-order chi connectivity index (χ0) is 26.7. The standard InChI is InChI=1S/C28H30ClN3O4/c1-17-12-20(13-18(2)30-17)19-8-7-9-21(14-19)28(6,16-33)25(34)31-23-11-10-22(29)15-24(23)32-26(35)36-27(3,4)5/h7-16H,1-6H3,(H,31,34)(H,32,35). The van der Waals surface area contributed by atoms with E-state index >= 15 is 0 Å². The summed E-state index contributed by atoms with van der Waals surface area (Å²) in [6, 6.07) is 15.8. The quantitative estimate of drug-likeness (QED) is 0.294. The van der Waals surface area contributed by atoms with E-state index in [1.807, 2.05) is 44.2 Å². The van der Waals surface area contributed by atoms with Crippen molar-refractivity contribution in [3.63, 3.8) is 0 Å². The number of nitrogens with one attached hydrogen (secondary N) is 2. The van der Waals surface area contributed by atoms with Crippen molar-refractivity contribution in [2.75, 3.05) is 10.6 Å². The second kappa shape index (κ2) is 10.5. The molecular formula is C28H30ClN3O4. The molecule has 0 aliphatic rings. The Hall–Kier alpha value is -3.71. The monoisotopic (exact) mass is 507 g/mol. The fourth-order valence-electron chi connectivity index (χ4n) is 3.67. The van der Waals surface area contributed by atoms with Gasteiger partial charge in [0, 0.05) is 16.4 Å². The number of rotatable bonds is 6. The molecule has 0 saturated heterocycles. The molecule has 0 bridgehead atoms. The number of ether oxygens (including phenoxy) is 1. The summed E-state index contributed by atoms with van der Waals surface area (Å²) in [7, 11) is 0. The van der Waals surface area contributed by atoms with E-state index in [1.54, 1.807) is 45.9 Å². The van der Waals surface area contributed by atoms with Crippen molar-refractivity contribution >= 4 is 41.3 Å². The molecule has 188 valence electrons. The Morgan fingerprint density at radius 2 is 1.56 bits per heavy atom. The van der Waals surface area contributed by atoms with Crippen LogP contribution in [0.1, 0.15) is 44.6 Å². The van der Waals surface area contributed by atoms with Crippen molar-refractivity contribution in [2.24, 2.45) is 0 Å². The van der Waals surface area contributed by atoms with Gasteiger partial charge in [-0.3, -0.25) is 15.1 Å². The number of benzene rings is 2. The van der Waals surface area contributed by atoms with Gasteiger partial charge in [0.2, 0.25) is 5.91 Å². The first-order chi connectivity index (χ1) is 16.8. The topological polar surface area (TPSA) is 97.4 Å². The van der Waals surface area contributed by atoms with Crippen molar-refractivity contribution in [3.05, 3.63) is 76.6 Å². The highest BCUT2D eigenvalue weighted by molar-refractivity contribution is 6.31. The van der Waals surface area contributed by atoms with Gasteiger partial charge in [0.15, 0.2) is 0 Å². The van der Waals surface area contributed by atoms with Gasteiger partial charge in [-0.2, -0.15) is 0 Å². The molecule has 1 atom stereocenters. The van der Waals surface area contributed by atoms with Gasteiger partial charge in [-0.25, -0.2) is 4.79 Å². The molecule has 2 aromatic carbocycles. The fraction of sp³-hybridized carbons (Fsp3) is 0.286. The number of carbonyl (C=O) groups is 3. The van der Waals surface area contributed by atoms with Gasteiger partial charge < -0.3 is 14.8 Å². The summed E-state index contributed by atoms with van der Waals surface area (Å²) >= 11 is 6.12. The van der Waals surface area contributed by atoms with E-state index in [9.17, 15) is 14.4 Å². The number of pyridine rings is 1. The van der Waals surface area contributed by atoms with Crippen LogP contribution in [0.15, 0.2) is 54.6 Å². The molecule has 1 unspecified atom stereocenters. The number of hydrogen-bond donors (Lipinski definition) is 2. The number of carbonyl (C=O) groups excluding carboxylic acids is 3. The van der Waals surface area contributed by atoms with E-state index in [0.717, 1.165) is 22.5 Å². The maximum absolute atomic E-state index is 13.4. The Morgan fingerprint density at radius 1 is 0.889 bits per heavy atom. The molecule has 0 fully saturated rings. The van der Waals surface area contributed by atoms with Gasteiger partial charge in [-0.05, 0) is 94.6 Å². The minimum Gasteiger partial charge on any atom is -0.444 e. The predicted molar refractivity (Wildman–Crippen MR) is 143 cm³/mol. The van der Waals surface area contributed by atoms with Crippen LogP contribution < -0.4 is 10.6 Å². The lowest BCUT2D eigenvalue weighted by atomic mass is 9.81. The van der Waals surface area contributed by atoms with Crippen LogP contribution in [-0.4, -0.2) is 28.9 Å². The van der Waals surface area contributed by atoms with Crippen LogP contribution in [0.25, 0.3) is 11.1 Å². The van der Waals surface area contributed by atoms with Crippen LogP contribution in [0.2, 0.25) is 5.02 Å². The second-order valence-electron chi connectivity index (χ2n) is 9.81. The lowest BCUT2D eigenvalue weighted by Gasteiger charge is -2.25. The summed E-state index contributed by atoms with van der Waals surface area (Å²) in [4.78, 5) is 42.5. The zero-order valence-corrected chi connectivity index (χ0v) is 22.0. The molecule has 2 N–H and O–H groups in total. The van der Waals surface area contributed by atoms with E-state index in [1.165, 1.54) is 6.07 Å². The Labute approximate surface area is 216 Å². The first-order valence-electron chi connectivity index (χ1n) is 11.4. The van der Waals surface area contributed by atoms with Crippen LogP contribution in [0.4, 0.5) is 16.2 Å². The summed E-state index contributed by atoms with van der Waals surface area (Å²) < 4.78 is 5.30. The van der Waals surface area contributed by atoms with Crippen LogP contribution in [0, 0.1) is 13.8 Å². The first kappa shape index (κ1) is 26.9. The zero-order valence-electron chi connectivity index (χ0n) is 21.2. The highest BCUT2D eigenvalue weighted by Crippen LogP contribution is 2.32. The van der Waals surface area contributed by atoms with Crippen LogP contribution in [0.5, 0.6) is 0 Å². The number of hydrogen-bond acceptors (Lipinski definition) is 5. The van der Waals surface area contributed by atoms with E-state index in [0.29, 0.717) is 16.9 Å². The molecule has 0 radical (unpaired) electrons. The lowest BCUT2D eigenvalue weighted by molar-refractivity contribution is -0.126. The van der Waals surface area contributed by atoms with Crippen molar-refractivity contribution in [1.29, 1.82) is 0 Å². The Bertz CT molecular complexity index is 1300. The number of anilines is 2. The molecule has 0 aliphatic heterocycles. The molecule has 1 aromatic heterocycles. The van der Waals surface area contributed by atoms with Crippen LogP contribution in [-0.2, 0) is 19.7 Å². The Kier molecular flexibility index (Phi) is 7.84. The third kappa shape index (κ3) is 6.49. The smallest absolute Gasteiger partial charge is 0.412 e.